The molecular formula is C13H11BrN4O2S. The van der Waals surface area contributed by atoms with Crippen LogP contribution >= 0.6 is 27.3 Å². The number of aromatic amines is 1. The molecule has 0 spiro atoms. The van der Waals surface area contributed by atoms with E-state index >= 15 is 0 Å². The number of thiazole rings is 1. The van der Waals surface area contributed by atoms with E-state index in [-0.39, 0.29) is 4.87 Å². The van der Waals surface area contributed by atoms with Crippen LogP contribution in [0.3, 0.4) is 0 Å². The first kappa shape index (κ1) is 14.2. The van der Waals surface area contributed by atoms with E-state index in [9.17, 15) is 4.79 Å². The lowest BCUT2D eigenvalue weighted by atomic mass is 10.2. The van der Waals surface area contributed by atoms with Gasteiger partial charge in [0.25, 0.3) is 0 Å². The molecule has 6 nitrogen and oxygen atoms in total. The zero-order valence-electron chi connectivity index (χ0n) is 10.8. The van der Waals surface area contributed by atoms with Gasteiger partial charge in [-0.25, -0.2) is 0 Å². The molecule has 21 heavy (non-hydrogen) atoms. The topological polar surface area (TPSA) is 83.8 Å². The lowest BCUT2D eigenvalue weighted by molar-refractivity contribution is 0.476. The third kappa shape index (κ3) is 3.46. The van der Waals surface area contributed by atoms with E-state index in [0.29, 0.717) is 24.9 Å². The van der Waals surface area contributed by atoms with Gasteiger partial charge in [0.05, 0.1) is 12.1 Å². The number of aromatic nitrogens is 3. The van der Waals surface area contributed by atoms with E-state index in [2.05, 4.69) is 36.4 Å². The molecule has 0 saturated heterocycles. The second kappa shape index (κ2) is 6.33. The molecule has 0 atom stereocenters. The van der Waals surface area contributed by atoms with Crippen molar-refractivity contribution in [2.24, 2.45) is 0 Å². The highest BCUT2D eigenvalue weighted by molar-refractivity contribution is 9.10. The maximum absolute atomic E-state index is 11.0. The summed E-state index contributed by atoms with van der Waals surface area (Å²) in [7, 11) is 0. The van der Waals surface area contributed by atoms with Gasteiger partial charge in [-0.2, -0.15) is 0 Å². The summed E-state index contributed by atoms with van der Waals surface area (Å²) in [5.41, 5.74) is 1.70. The molecule has 2 N–H and O–H groups in total. The molecule has 3 rings (SSSR count). The van der Waals surface area contributed by atoms with Gasteiger partial charge in [0.1, 0.15) is 0 Å². The predicted molar refractivity (Wildman–Crippen MR) is 82.9 cm³/mol. The fourth-order valence-corrected chi connectivity index (χ4v) is 2.81. The summed E-state index contributed by atoms with van der Waals surface area (Å²) in [5, 5.41) is 13.0. The first-order chi connectivity index (χ1) is 10.2. The average molecular weight is 367 g/mol. The molecule has 0 radical (unpaired) electrons. The minimum Gasteiger partial charge on any atom is -0.419 e. The summed E-state index contributed by atoms with van der Waals surface area (Å²) >= 11 is 4.60. The van der Waals surface area contributed by atoms with Crippen molar-refractivity contribution >= 4 is 27.3 Å². The van der Waals surface area contributed by atoms with Gasteiger partial charge in [0.15, 0.2) is 0 Å². The van der Waals surface area contributed by atoms with Gasteiger partial charge in [-0.05, 0) is 28.1 Å². The predicted octanol–water partition coefficient (Wildman–Crippen LogP) is 2.54. The molecule has 0 aliphatic rings. The molecule has 2 aromatic heterocycles. The molecule has 0 amide bonds. The van der Waals surface area contributed by atoms with Crippen molar-refractivity contribution in [2.45, 2.75) is 13.1 Å². The third-order valence-corrected chi connectivity index (χ3v) is 4.14. The Hall–Kier alpha value is -1.77. The molecule has 3 aromatic rings. The molecule has 0 aliphatic heterocycles. The van der Waals surface area contributed by atoms with E-state index in [1.54, 1.807) is 5.38 Å². The summed E-state index contributed by atoms with van der Waals surface area (Å²) < 4.78 is 6.52. The maximum Gasteiger partial charge on any atom is 0.304 e. The molecule has 8 heteroatoms. The van der Waals surface area contributed by atoms with Gasteiger partial charge in [-0.1, -0.05) is 23.5 Å². The summed E-state index contributed by atoms with van der Waals surface area (Å²) in [6, 6.07) is 7.67. The Balaban J connectivity index is 1.63. The average Bonchev–Trinajstić information content (AvgIpc) is 3.09. The number of hydrogen-bond donors (Lipinski definition) is 2. The lowest BCUT2D eigenvalue weighted by Gasteiger charge is -1.99. The Bertz CT molecular complexity index is 795. The number of hydrogen-bond acceptors (Lipinski definition) is 6. The fraction of sp³-hybridized carbons (Fsp3) is 0.154. The van der Waals surface area contributed by atoms with Crippen molar-refractivity contribution in [3.05, 3.63) is 55.4 Å². The fourth-order valence-electron chi connectivity index (χ4n) is 1.77. The molecule has 0 fully saturated rings. The Labute approximate surface area is 132 Å². The molecule has 0 unspecified atom stereocenters. The molecule has 0 aliphatic carbocycles. The molecule has 2 heterocycles. The van der Waals surface area contributed by atoms with Crippen LogP contribution in [0, 0.1) is 0 Å². The molecular weight excluding hydrogens is 356 g/mol. The summed E-state index contributed by atoms with van der Waals surface area (Å²) in [6.45, 7) is 0.987. The van der Waals surface area contributed by atoms with Crippen molar-refractivity contribution in [2.75, 3.05) is 0 Å². The van der Waals surface area contributed by atoms with Crippen molar-refractivity contribution in [3.8, 4) is 11.5 Å². The number of H-pyrrole nitrogens is 1. The Morgan fingerprint density at radius 1 is 1.29 bits per heavy atom. The van der Waals surface area contributed by atoms with Crippen molar-refractivity contribution in [1.82, 2.24) is 20.5 Å². The summed E-state index contributed by atoms with van der Waals surface area (Å²) in [5.74, 6) is 0.974. The highest BCUT2D eigenvalue weighted by Crippen LogP contribution is 2.26. The Morgan fingerprint density at radius 2 is 2.14 bits per heavy atom. The Morgan fingerprint density at radius 3 is 2.90 bits per heavy atom. The van der Waals surface area contributed by atoms with E-state index in [0.717, 1.165) is 27.1 Å². The van der Waals surface area contributed by atoms with E-state index < -0.39 is 0 Å². The van der Waals surface area contributed by atoms with E-state index in [1.165, 1.54) is 0 Å². The third-order valence-electron chi connectivity index (χ3n) is 2.73. The standard InChI is InChI=1S/C13H11BrN4O2S/c14-10-4-2-1-3-9(10)12-18-17-11(20-12)6-15-5-8-7-21-13(19)16-8/h1-4,7,15H,5-6H2,(H,16,19). The summed E-state index contributed by atoms with van der Waals surface area (Å²) in [6.07, 6.45) is 0. The molecule has 0 bridgehead atoms. The van der Waals surface area contributed by atoms with Crippen LogP contribution in [0.1, 0.15) is 11.6 Å². The lowest BCUT2D eigenvalue weighted by Crippen LogP contribution is -2.14. The van der Waals surface area contributed by atoms with Crippen LogP contribution in [0.15, 0.2) is 43.3 Å². The quantitative estimate of drug-likeness (QED) is 0.724. The zero-order chi connectivity index (χ0) is 14.7. The van der Waals surface area contributed by atoms with Crippen LogP contribution in [0.5, 0.6) is 0 Å². The van der Waals surface area contributed by atoms with Gasteiger partial charge in [-0.15, -0.1) is 10.2 Å². The summed E-state index contributed by atoms with van der Waals surface area (Å²) in [4.78, 5) is 13.7. The SMILES string of the molecule is O=c1[nH]c(CNCc2nnc(-c3ccccc3Br)o2)cs1. The highest BCUT2D eigenvalue weighted by Gasteiger charge is 2.10. The highest BCUT2D eigenvalue weighted by atomic mass is 79.9. The van der Waals surface area contributed by atoms with Crippen LogP contribution in [-0.2, 0) is 13.1 Å². The number of nitrogens with zero attached hydrogens (tertiary/aromatic N) is 2. The van der Waals surface area contributed by atoms with Crippen molar-refractivity contribution in [1.29, 1.82) is 0 Å². The number of rotatable bonds is 5. The Kier molecular flexibility index (Phi) is 4.28. The van der Waals surface area contributed by atoms with Gasteiger partial charge < -0.3 is 14.7 Å². The van der Waals surface area contributed by atoms with E-state index in [1.807, 2.05) is 24.3 Å². The van der Waals surface area contributed by atoms with Crippen molar-refractivity contribution < 1.29 is 4.42 Å². The zero-order valence-corrected chi connectivity index (χ0v) is 13.2. The van der Waals surface area contributed by atoms with Crippen molar-refractivity contribution in [3.63, 3.8) is 0 Å². The normalized spacial score (nSPS) is 10.9. The van der Waals surface area contributed by atoms with Crippen LogP contribution < -0.4 is 10.2 Å². The monoisotopic (exact) mass is 366 g/mol. The molecule has 0 saturated carbocycles. The molecule has 108 valence electrons. The minimum absolute atomic E-state index is 0.0548. The number of halogens is 1. The van der Waals surface area contributed by atoms with Gasteiger partial charge in [0.2, 0.25) is 11.8 Å². The first-order valence-corrected chi connectivity index (χ1v) is 7.84. The minimum atomic E-state index is -0.0548. The van der Waals surface area contributed by atoms with Crippen LogP contribution in [0.25, 0.3) is 11.5 Å². The van der Waals surface area contributed by atoms with Crippen LogP contribution in [0.2, 0.25) is 0 Å². The van der Waals surface area contributed by atoms with Gasteiger partial charge >= 0.3 is 4.87 Å². The van der Waals surface area contributed by atoms with E-state index in [4.69, 9.17) is 4.42 Å². The second-order valence-corrected chi connectivity index (χ2v) is 5.95. The maximum atomic E-state index is 11.0. The van der Waals surface area contributed by atoms with Gasteiger partial charge in [-0.3, -0.25) is 4.79 Å². The van der Waals surface area contributed by atoms with Crippen LogP contribution in [-0.4, -0.2) is 15.2 Å². The smallest absolute Gasteiger partial charge is 0.304 e. The number of benzene rings is 1. The first-order valence-electron chi connectivity index (χ1n) is 6.17. The molecule has 1 aromatic carbocycles. The van der Waals surface area contributed by atoms with Crippen LogP contribution in [0.4, 0.5) is 0 Å². The van der Waals surface area contributed by atoms with Gasteiger partial charge in [0, 0.05) is 22.1 Å². The number of nitrogens with one attached hydrogen (secondary N) is 2. The second-order valence-electron chi connectivity index (χ2n) is 4.26. The largest absolute Gasteiger partial charge is 0.419 e.